The highest BCUT2D eigenvalue weighted by Gasteiger charge is 2.13. The summed E-state index contributed by atoms with van der Waals surface area (Å²) in [6.07, 6.45) is 0. The molecule has 25 heavy (non-hydrogen) atoms. The Balaban J connectivity index is 1.52. The van der Waals surface area contributed by atoms with Gasteiger partial charge in [0.25, 0.3) is 0 Å². The monoisotopic (exact) mass is 361 g/mol. The summed E-state index contributed by atoms with van der Waals surface area (Å²) in [5.41, 5.74) is 3.69. The zero-order valence-corrected chi connectivity index (χ0v) is 16.1. The first kappa shape index (κ1) is 18.2. The smallest absolute Gasteiger partial charge is 0.191 e. The fraction of sp³-hybridized carbons (Fsp3) is 0.556. The number of benzene rings is 1. The molecule has 3 rings (SSSR count). The van der Waals surface area contributed by atoms with Gasteiger partial charge in [0.15, 0.2) is 11.0 Å². The number of nitrogens with one attached hydrogen (secondary N) is 1. The lowest BCUT2D eigenvalue weighted by Gasteiger charge is -2.26. The molecule has 1 aromatic carbocycles. The summed E-state index contributed by atoms with van der Waals surface area (Å²) in [5, 5.41) is 13.2. The second kappa shape index (κ2) is 8.69. The predicted molar refractivity (Wildman–Crippen MR) is 102 cm³/mol. The summed E-state index contributed by atoms with van der Waals surface area (Å²) in [5.74, 6) is 1.98. The number of aryl methyl sites for hydroxylation is 2. The van der Waals surface area contributed by atoms with Crippen LogP contribution in [-0.4, -0.2) is 58.3 Å². The van der Waals surface area contributed by atoms with Crippen LogP contribution < -0.4 is 5.32 Å². The average Bonchev–Trinajstić information content (AvgIpc) is 2.96. The number of nitrogens with zero attached hydrogens (tertiary/aromatic N) is 4. The van der Waals surface area contributed by atoms with Crippen molar-refractivity contribution in [1.29, 1.82) is 0 Å². The van der Waals surface area contributed by atoms with Gasteiger partial charge in [-0.1, -0.05) is 30.0 Å². The molecular formula is C18H27N5OS. The van der Waals surface area contributed by atoms with Crippen molar-refractivity contribution in [3.63, 3.8) is 0 Å². The molecule has 136 valence electrons. The van der Waals surface area contributed by atoms with Crippen LogP contribution in [0, 0.1) is 13.8 Å². The number of hydrogen-bond acceptors (Lipinski definition) is 6. The van der Waals surface area contributed by atoms with Crippen molar-refractivity contribution in [3.05, 3.63) is 35.2 Å². The first-order valence-corrected chi connectivity index (χ1v) is 9.75. The van der Waals surface area contributed by atoms with Crippen LogP contribution in [0.4, 0.5) is 5.69 Å². The van der Waals surface area contributed by atoms with Gasteiger partial charge >= 0.3 is 0 Å². The number of rotatable bonds is 7. The average molecular weight is 362 g/mol. The van der Waals surface area contributed by atoms with Gasteiger partial charge in [-0.3, -0.25) is 4.90 Å². The second-order valence-corrected chi connectivity index (χ2v) is 7.44. The van der Waals surface area contributed by atoms with E-state index in [2.05, 4.69) is 57.0 Å². The van der Waals surface area contributed by atoms with Gasteiger partial charge in [-0.05, 0) is 25.0 Å². The van der Waals surface area contributed by atoms with Gasteiger partial charge in [-0.2, -0.15) is 0 Å². The minimum absolute atomic E-state index is 0.680. The molecule has 1 aliphatic rings. The molecule has 1 N–H and O–H groups in total. The Morgan fingerprint density at radius 3 is 2.60 bits per heavy atom. The number of aromatic nitrogens is 3. The van der Waals surface area contributed by atoms with E-state index in [-0.39, 0.29) is 0 Å². The minimum Gasteiger partial charge on any atom is -0.379 e. The molecule has 0 radical (unpaired) electrons. The minimum atomic E-state index is 0.680. The lowest BCUT2D eigenvalue weighted by atomic mass is 10.1. The van der Waals surface area contributed by atoms with Crippen LogP contribution in [0.25, 0.3) is 0 Å². The zero-order chi connectivity index (χ0) is 17.6. The summed E-state index contributed by atoms with van der Waals surface area (Å²) in [7, 11) is 2.04. The Hall–Kier alpha value is -1.57. The fourth-order valence-electron chi connectivity index (χ4n) is 2.98. The summed E-state index contributed by atoms with van der Waals surface area (Å²) >= 11 is 1.77. The molecule has 0 saturated carbocycles. The highest BCUT2D eigenvalue weighted by molar-refractivity contribution is 7.99. The highest BCUT2D eigenvalue weighted by Crippen LogP contribution is 2.21. The number of ether oxygens (including phenoxy) is 1. The molecule has 1 fully saturated rings. The first-order valence-electron chi connectivity index (χ1n) is 8.76. The summed E-state index contributed by atoms with van der Waals surface area (Å²) in [6.45, 7) is 9.76. The van der Waals surface area contributed by atoms with E-state index in [0.29, 0.717) is 6.54 Å². The number of thioether (sulfide) groups is 1. The summed E-state index contributed by atoms with van der Waals surface area (Å²) in [4.78, 5) is 2.44. The lowest BCUT2D eigenvalue weighted by Crippen LogP contribution is -2.37. The van der Waals surface area contributed by atoms with E-state index in [1.807, 2.05) is 7.05 Å². The Bertz CT molecular complexity index is 677. The van der Waals surface area contributed by atoms with E-state index in [4.69, 9.17) is 4.74 Å². The third-order valence-corrected chi connectivity index (χ3v) is 5.57. The molecule has 0 spiro atoms. The molecule has 2 heterocycles. The van der Waals surface area contributed by atoms with Gasteiger partial charge in [0.1, 0.15) is 0 Å². The molecule has 0 bridgehead atoms. The molecule has 2 aromatic rings. The Kier molecular flexibility index (Phi) is 6.34. The van der Waals surface area contributed by atoms with Crippen molar-refractivity contribution in [2.24, 2.45) is 7.05 Å². The lowest BCUT2D eigenvalue weighted by molar-refractivity contribution is 0.0410. The normalized spacial score (nSPS) is 15.5. The highest BCUT2D eigenvalue weighted by atomic mass is 32.2. The van der Waals surface area contributed by atoms with E-state index in [1.54, 1.807) is 11.8 Å². The molecule has 1 aliphatic heterocycles. The van der Waals surface area contributed by atoms with Crippen LogP contribution in [0.5, 0.6) is 0 Å². The molecule has 0 unspecified atom stereocenters. The number of para-hydroxylation sites is 1. The molecule has 6 nitrogen and oxygen atoms in total. The van der Waals surface area contributed by atoms with Crippen molar-refractivity contribution < 1.29 is 4.74 Å². The second-order valence-electron chi connectivity index (χ2n) is 6.38. The van der Waals surface area contributed by atoms with E-state index >= 15 is 0 Å². The number of hydrogen-bond donors (Lipinski definition) is 1. The third-order valence-electron chi connectivity index (χ3n) is 4.57. The van der Waals surface area contributed by atoms with Crippen molar-refractivity contribution in [1.82, 2.24) is 19.7 Å². The summed E-state index contributed by atoms with van der Waals surface area (Å²) < 4.78 is 7.47. The fourth-order valence-corrected chi connectivity index (χ4v) is 3.91. The first-order chi connectivity index (χ1) is 12.1. The van der Waals surface area contributed by atoms with Crippen molar-refractivity contribution in [3.8, 4) is 0 Å². The zero-order valence-electron chi connectivity index (χ0n) is 15.3. The Labute approximate surface area is 154 Å². The quantitative estimate of drug-likeness (QED) is 0.765. The van der Waals surface area contributed by atoms with Crippen molar-refractivity contribution in [2.75, 3.05) is 43.9 Å². The maximum Gasteiger partial charge on any atom is 0.191 e. The van der Waals surface area contributed by atoms with E-state index < -0.39 is 0 Å². The molecule has 7 heteroatoms. The molecule has 0 atom stereocenters. The third kappa shape index (κ3) is 4.74. The van der Waals surface area contributed by atoms with Crippen LogP contribution in [0.3, 0.4) is 0 Å². The van der Waals surface area contributed by atoms with Crippen LogP contribution in [0.1, 0.15) is 17.0 Å². The maximum absolute atomic E-state index is 5.38. The molecular weight excluding hydrogens is 334 g/mol. The number of morpholine rings is 1. The largest absolute Gasteiger partial charge is 0.379 e. The summed E-state index contributed by atoms with van der Waals surface area (Å²) in [6, 6.07) is 6.33. The van der Waals surface area contributed by atoms with Gasteiger partial charge in [0, 0.05) is 38.1 Å². The number of anilines is 1. The topological polar surface area (TPSA) is 55.2 Å². The van der Waals surface area contributed by atoms with Crippen LogP contribution >= 0.6 is 11.8 Å². The Morgan fingerprint density at radius 2 is 1.88 bits per heavy atom. The molecule has 1 aromatic heterocycles. The van der Waals surface area contributed by atoms with Crippen LogP contribution in [0.2, 0.25) is 0 Å². The van der Waals surface area contributed by atoms with Gasteiger partial charge in [0.2, 0.25) is 0 Å². The molecule has 1 saturated heterocycles. The SMILES string of the molecule is Cc1cccc(C)c1NCc1nnc(SCCN2CCOCC2)n1C. The van der Waals surface area contributed by atoms with Crippen LogP contribution in [0.15, 0.2) is 23.4 Å². The van der Waals surface area contributed by atoms with E-state index in [1.165, 1.54) is 16.8 Å². The maximum atomic E-state index is 5.38. The van der Waals surface area contributed by atoms with Gasteiger partial charge < -0.3 is 14.6 Å². The Morgan fingerprint density at radius 1 is 1.16 bits per heavy atom. The standard InChI is InChI=1S/C18H27N5OS/c1-14-5-4-6-15(2)17(14)19-13-16-20-21-18(22(16)3)25-12-9-23-7-10-24-11-8-23/h4-6,19H,7-13H2,1-3H3. The van der Waals surface area contributed by atoms with Crippen LogP contribution in [-0.2, 0) is 18.3 Å². The van der Waals surface area contributed by atoms with Gasteiger partial charge in [-0.15, -0.1) is 10.2 Å². The van der Waals surface area contributed by atoms with Crippen molar-refractivity contribution in [2.45, 2.75) is 25.5 Å². The van der Waals surface area contributed by atoms with E-state index in [0.717, 1.165) is 49.6 Å². The molecule has 0 amide bonds. The van der Waals surface area contributed by atoms with Gasteiger partial charge in [0.05, 0.1) is 19.8 Å². The van der Waals surface area contributed by atoms with Crippen molar-refractivity contribution >= 4 is 17.4 Å². The predicted octanol–water partition coefficient (Wildman–Crippen LogP) is 2.47. The molecule has 0 aliphatic carbocycles. The van der Waals surface area contributed by atoms with E-state index in [9.17, 15) is 0 Å². The van der Waals surface area contributed by atoms with Gasteiger partial charge in [-0.25, -0.2) is 0 Å².